The Hall–Kier alpha value is -0.530. The SMILES string of the molecule is CCC1c2ccsc2CCN1C(=O)CSC1CCS(=O)(=O)C1. The maximum Gasteiger partial charge on any atom is 0.233 e. The van der Waals surface area contributed by atoms with Crippen molar-refractivity contribution in [2.45, 2.75) is 37.5 Å². The first-order valence-corrected chi connectivity index (χ1v) is 11.4. The van der Waals surface area contributed by atoms with E-state index in [9.17, 15) is 13.2 Å². The van der Waals surface area contributed by atoms with Crippen LogP contribution in [0.5, 0.6) is 0 Å². The van der Waals surface area contributed by atoms with E-state index in [0.29, 0.717) is 12.2 Å². The Bertz CT molecular complexity index is 653. The number of sulfone groups is 1. The lowest BCUT2D eigenvalue weighted by atomic mass is 9.98. The summed E-state index contributed by atoms with van der Waals surface area (Å²) >= 11 is 3.30. The molecule has 1 aromatic rings. The molecule has 0 aliphatic carbocycles. The van der Waals surface area contributed by atoms with E-state index in [1.165, 1.54) is 22.2 Å². The molecule has 2 atom stereocenters. The molecule has 122 valence electrons. The van der Waals surface area contributed by atoms with Gasteiger partial charge in [-0.3, -0.25) is 4.79 Å². The van der Waals surface area contributed by atoms with Gasteiger partial charge in [0.15, 0.2) is 9.84 Å². The first kappa shape index (κ1) is 16.3. The molecule has 0 saturated carbocycles. The lowest BCUT2D eigenvalue weighted by Gasteiger charge is -2.35. The Morgan fingerprint density at radius 2 is 2.32 bits per heavy atom. The smallest absolute Gasteiger partial charge is 0.233 e. The fourth-order valence-electron chi connectivity index (χ4n) is 3.30. The van der Waals surface area contributed by atoms with Crippen molar-refractivity contribution in [3.8, 4) is 0 Å². The Labute approximate surface area is 140 Å². The van der Waals surface area contributed by atoms with Gasteiger partial charge in [-0.25, -0.2) is 8.42 Å². The zero-order valence-electron chi connectivity index (χ0n) is 12.7. The minimum atomic E-state index is -2.86. The predicted molar refractivity (Wildman–Crippen MR) is 92.3 cm³/mol. The minimum Gasteiger partial charge on any atom is -0.335 e. The zero-order chi connectivity index (χ0) is 15.7. The average molecular weight is 360 g/mol. The van der Waals surface area contributed by atoms with Gasteiger partial charge >= 0.3 is 0 Å². The van der Waals surface area contributed by atoms with E-state index < -0.39 is 9.84 Å². The maximum absolute atomic E-state index is 12.6. The number of fused-ring (bicyclic) bond motifs is 1. The summed E-state index contributed by atoms with van der Waals surface area (Å²) in [5, 5.41) is 2.20. The number of thiophene rings is 1. The second kappa shape index (κ2) is 6.53. The Morgan fingerprint density at radius 1 is 1.50 bits per heavy atom. The van der Waals surface area contributed by atoms with Crippen molar-refractivity contribution in [2.75, 3.05) is 23.8 Å². The van der Waals surface area contributed by atoms with Crippen LogP contribution < -0.4 is 0 Å². The average Bonchev–Trinajstić information content (AvgIpc) is 3.09. The molecule has 4 nitrogen and oxygen atoms in total. The van der Waals surface area contributed by atoms with E-state index in [1.54, 1.807) is 11.3 Å². The van der Waals surface area contributed by atoms with Crippen LogP contribution in [0.1, 0.15) is 36.2 Å². The third kappa shape index (κ3) is 3.36. The summed E-state index contributed by atoms with van der Waals surface area (Å²) in [6.45, 7) is 2.91. The number of rotatable bonds is 4. The van der Waals surface area contributed by atoms with Gasteiger partial charge < -0.3 is 4.90 Å². The van der Waals surface area contributed by atoms with Crippen LogP contribution in [0.3, 0.4) is 0 Å². The molecule has 2 aliphatic rings. The van der Waals surface area contributed by atoms with Crippen LogP contribution in [0.15, 0.2) is 11.4 Å². The molecule has 0 bridgehead atoms. The third-order valence-corrected chi connectivity index (χ3v) is 8.70. The molecule has 1 amide bonds. The minimum absolute atomic E-state index is 0.0931. The number of nitrogens with zero attached hydrogens (tertiary/aromatic N) is 1. The van der Waals surface area contributed by atoms with Gasteiger partial charge in [0, 0.05) is 16.7 Å². The van der Waals surface area contributed by atoms with E-state index in [1.807, 2.05) is 4.90 Å². The molecule has 1 aromatic heterocycles. The summed E-state index contributed by atoms with van der Waals surface area (Å²) in [7, 11) is -2.86. The highest BCUT2D eigenvalue weighted by Crippen LogP contribution is 2.36. The van der Waals surface area contributed by atoms with Crippen molar-refractivity contribution in [2.24, 2.45) is 0 Å². The van der Waals surface area contributed by atoms with E-state index in [0.717, 1.165) is 19.4 Å². The molecule has 0 spiro atoms. The molecule has 2 unspecified atom stereocenters. The predicted octanol–water partition coefficient (Wildman–Crippen LogP) is 2.50. The first-order valence-electron chi connectivity index (χ1n) is 7.68. The van der Waals surface area contributed by atoms with Crippen molar-refractivity contribution in [3.05, 3.63) is 21.9 Å². The molecule has 7 heteroatoms. The highest BCUT2D eigenvalue weighted by Gasteiger charge is 2.32. The van der Waals surface area contributed by atoms with Gasteiger partial charge in [-0.2, -0.15) is 0 Å². The van der Waals surface area contributed by atoms with E-state index >= 15 is 0 Å². The van der Waals surface area contributed by atoms with E-state index in [-0.39, 0.29) is 28.7 Å². The fourth-order valence-corrected chi connectivity index (χ4v) is 7.76. The molecule has 22 heavy (non-hydrogen) atoms. The maximum atomic E-state index is 12.6. The summed E-state index contributed by atoms with van der Waals surface area (Å²) < 4.78 is 23.0. The molecular formula is C15H21NO3S3. The molecular weight excluding hydrogens is 338 g/mol. The van der Waals surface area contributed by atoms with Crippen LogP contribution >= 0.6 is 23.1 Å². The van der Waals surface area contributed by atoms with Gasteiger partial charge in [0.1, 0.15) is 0 Å². The van der Waals surface area contributed by atoms with Gasteiger partial charge in [0.2, 0.25) is 5.91 Å². The molecule has 0 aromatic carbocycles. The van der Waals surface area contributed by atoms with Crippen molar-refractivity contribution in [1.29, 1.82) is 0 Å². The number of thioether (sulfide) groups is 1. The van der Waals surface area contributed by atoms with Crippen molar-refractivity contribution >= 4 is 38.8 Å². The van der Waals surface area contributed by atoms with Crippen LogP contribution in [0.4, 0.5) is 0 Å². The second-order valence-corrected chi connectivity index (χ2v) is 10.4. The monoisotopic (exact) mass is 359 g/mol. The fraction of sp³-hybridized carbons (Fsp3) is 0.667. The number of carbonyl (C=O) groups excluding carboxylic acids is 1. The van der Waals surface area contributed by atoms with E-state index in [4.69, 9.17) is 0 Å². The normalized spacial score (nSPS) is 26.9. The van der Waals surface area contributed by atoms with E-state index in [2.05, 4.69) is 18.4 Å². The van der Waals surface area contributed by atoms with Crippen LogP contribution in [-0.2, 0) is 21.1 Å². The number of carbonyl (C=O) groups is 1. The quantitative estimate of drug-likeness (QED) is 0.829. The number of hydrogen-bond donors (Lipinski definition) is 0. The topological polar surface area (TPSA) is 54.5 Å². The molecule has 1 saturated heterocycles. The van der Waals surface area contributed by atoms with Crippen molar-refractivity contribution in [3.63, 3.8) is 0 Å². The van der Waals surface area contributed by atoms with Crippen molar-refractivity contribution in [1.82, 2.24) is 4.90 Å². The Kier molecular flexibility index (Phi) is 4.85. The lowest BCUT2D eigenvalue weighted by molar-refractivity contribution is -0.131. The van der Waals surface area contributed by atoms with Gasteiger partial charge in [0.05, 0.1) is 23.3 Å². The zero-order valence-corrected chi connectivity index (χ0v) is 15.1. The summed E-state index contributed by atoms with van der Waals surface area (Å²) in [6.07, 6.45) is 2.56. The van der Waals surface area contributed by atoms with Crippen LogP contribution in [0.25, 0.3) is 0 Å². The van der Waals surface area contributed by atoms with Gasteiger partial charge in [-0.05, 0) is 36.3 Å². The van der Waals surface area contributed by atoms with Gasteiger partial charge in [-0.15, -0.1) is 23.1 Å². The van der Waals surface area contributed by atoms with Crippen LogP contribution in [-0.4, -0.2) is 48.3 Å². The summed E-state index contributed by atoms with van der Waals surface area (Å²) in [5.41, 5.74) is 1.31. The summed E-state index contributed by atoms with van der Waals surface area (Å²) in [5.74, 6) is 1.06. The lowest BCUT2D eigenvalue weighted by Crippen LogP contribution is -2.40. The van der Waals surface area contributed by atoms with Gasteiger partial charge in [-0.1, -0.05) is 6.92 Å². The highest BCUT2D eigenvalue weighted by atomic mass is 32.2. The van der Waals surface area contributed by atoms with Gasteiger partial charge in [0.25, 0.3) is 0 Å². The summed E-state index contributed by atoms with van der Waals surface area (Å²) in [6, 6.07) is 2.33. The molecule has 1 fully saturated rings. The summed E-state index contributed by atoms with van der Waals surface area (Å²) in [4.78, 5) is 16.0. The molecule has 0 radical (unpaired) electrons. The molecule has 3 rings (SSSR count). The van der Waals surface area contributed by atoms with Crippen LogP contribution in [0.2, 0.25) is 0 Å². The Morgan fingerprint density at radius 3 is 3.00 bits per heavy atom. The largest absolute Gasteiger partial charge is 0.335 e. The number of amides is 1. The highest BCUT2D eigenvalue weighted by molar-refractivity contribution is 8.02. The first-order chi connectivity index (χ1) is 10.5. The molecule has 2 aliphatic heterocycles. The molecule has 3 heterocycles. The number of hydrogen-bond acceptors (Lipinski definition) is 5. The third-order valence-electron chi connectivity index (χ3n) is 4.44. The van der Waals surface area contributed by atoms with Crippen LogP contribution in [0, 0.1) is 0 Å². The molecule has 0 N–H and O–H groups in total. The van der Waals surface area contributed by atoms with Crippen molar-refractivity contribution < 1.29 is 13.2 Å². The Balaban J connectivity index is 1.61. The standard InChI is InChI=1S/C15H21NO3S3/c1-2-13-12-4-7-20-14(12)3-6-16(13)15(17)9-21-11-5-8-22(18,19)10-11/h4,7,11,13H,2-3,5-6,8-10H2,1H3. The second-order valence-electron chi connectivity index (χ2n) is 5.90.